The molecule has 0 aliphatic rings. The van der Waals surface area contributed by atoms with Gasteiger partial charge < -0.3 is 15.2 Å². The van der Waals surface area contributed by atoms with E-state index in [2.05, 4.69) is 27.7 Å². The van der Waals surface area contributed by atoms with Crippen molar-refractivity contribution in [2.24, 2.45) is 11.1 Å². The third-order valence-electron chi connectivity index (χ3n) is 3.02. The van der Waals surface area contributed by atoms with Gasteiger partial charge in [0, 0.05) is 17.5 Å². The summed E-state index contributed by atoms with van der Waals surface area (Å²) in [6.07, 6.45) is 0.876. The van der Waals surface area contributed by atoms with Crippen molar-refractivity contribution in [1.29, 1.82) is 0 Å². The first-order valence-corrected chi connectivity index (χ1v) is 6.44. The van der Waals surface area contributed by atoms with Crippen molar-refractivity contribution in [2.75, 3.05) is 7.11 Å². The van der Waals surface area contributed by atoms with E-state index in [0.29, 0.717) is 0 Å². The van der Waals surface area contributed by atoms with Crippen LogP contribution in [0.1, 0.15) is 34.1 Å². The fourth-order valence-corrected chi connectivity index (χ4v) is 1.94. The predicted molar refractivity (Wildman–Crippen MR) is 75.1 cm³/mol. The van der Waals surface area contributed by atoms with E-state index in [0.717, 1.165) is 17.9 Å². The minimum absolute atomic E-state index is 0.00148. The second kappa shape index (κ2) is 6.10. The molecule has 18 heavy (non-hydrogen) atoms. The largest absolute Gasteiger partial charge is 0.497 e. The molecule has 102 valence electrons. The van der Waals surface area contributed by atoms with Crippen LogP contribution in [0.25, 0.3) is 0 Å². The predicted octanol–water partition coefficient (Wildman–Crippen LogP) is 3.23. The number of rotatable bonds is 5. The molecule has 1 rings (SSSR count). The van der Waals surface area contributed by atoms with Crippen molar-refractivity contribution < 1.29 is 9.47 Å². The molecule has 2 atom stereocenters. The topological polar surface area (TPSA) is 44.5 Å². The van der Waals surface area contributed by atoms with E-state index in [1.807, 2.05) is 24.3 Å². The Morgan fingerprint density at radius 2 is 1.83 bits per heavy atom. The van der Waals surface area contributed by atoms with Crippen LogP contribution in [0.5, 0.6) is 11.5 Å². The van der Waals surface area contributed by atoms with E-state index in [-0.39, 0.29) is 17.6 Å². The molecule has 1 aromatic carbocycles. The summed E-state index contributed by atoms with van der Waals surface area (Å²) in [7, 11) is 1.65. The Hall–Kier alpha value is -1.22. The van der Waals surface area contributed by atoms with E-state index in [1.165, 1.54) is 0 Å². The Balaban J connectivity index is 2.89. The van der Waals surface area contributed by atoms with E-state index in [9.17, 15) is 0 Å². The molecule has 2 N–H and O–H groups in total. The summed E-state index contributed by atoms with van der Waals surface area (Å²) in [5.41, 5.74) is 6.16. The number of hydrogen-bond acceptors (Lipinski definition) is 3. The van der Waals surface area contributed by atoms with Gasteiger partial charge >= 0.3 is 0 Å². The normalized spacial score (nSPS) is 15.0. The first kappa shape index (κ1) is 14.8. The second-order valence-corrected chi connectivity index (χ2v) is 5.66. The number of hydrogen-bond donors (Lipinski definition) is 1. The molecule has 0 spiro atoms. The summed E-state index contributed by atoms with van der Waals surface area (Å²) in [6.45, 7) is 8.52. The standard InChI is InChI=1S/C15H25NO2/c1-6-13(16)14(15(2,3)4)18-12-9-7-8-11(10-12)17-5/h7-10,13-14H,6,16H2,1-5H3. The minimum Gasteiger partial charge on any atom is -0.497 e. The monoisotopic (exact) mass is 251 g/mol. The molecule has 1 aromatic rings. The van der Waals surface area contributed by atoms with Crippen LogP contribution in [0.4, 0.5) is 0 Å². The summed E-state index contributed by atoms with van der Waals surface area (Å²) in [5.74, 6) is 1.60. The molecule has 3 heteroatoms. The fraction of sp³-hybridized carbons (Fsp3) is 0.600. The first-order valence-electron chi connectivity index (χ1n) is 6.44. The van der Waals surface area contributed by atoms with Crippen LogP contribution in [-0.4, -0.2) is 19.3 Å². The van der Waals surface area contributed by atoms with Gasteiger partial charge in [0.05, 0.1) is 7.11 Å². The molecule has 0 aliphatic carbocycles. The summed E-state index contributed by atoms with van der Waals surface area (Å²) >= 11 is 0. The summed E-state index contributed by atoms with van der Waals surface area (Å²) in [4.78, 5) is 0. The average molecular weight is 251 g/mol. The van der Waals surface area contributed by atoms with Crippen LogP contribution < -0.4 is 15.2 Å². The molecule has 0 fully saturated rings. The SMILES string of the molecule is CCC(N)C(Oc1cccc(OC)c1)C(C)(C)C. The van der Waals surface area contributed by atoms with Crippen molar-refractivity contribution in [1.82, 2.24) is 0 Å². The molecule has 2 unspecified atom stereocenters. The van der Waals surface area contributed by atoms with Crippen molar-refractivity contribution in [3.63, 3.8) is 0 Å². The van der Waals surface area contributed by atoms with E-state index in [1.54, 1.807) is 7.11 Å². The Labute approximate surface area is 110 Å². The zero-order chi connectivity index (χ0) is 13.8. The number of benzene rings is 1. The van der Waals surface area contributed by atoms with E-state index < -0.39 is 0 Å². The first-order chi connectivity index (χ1) is 8.38. The van der Waals surface area contributed by atoms with Gasteiger partial charge in [0.25, 0.3) is 0 Å². The molecule has 0 saturated heterocycles. The maximum atomic E-state index is 6.17. The molecule has 3 nitrogen and oxygen atoms in total. The van der Waals surface area contributed by atoms with Gasteiger partial charge in [0.2, 0.25) is 0 Å². The molecular formula is C15H25NO2. The van der Waals surface area contributed by atoms with Crippen molar-refractivity contribution in [2.45, 2.75) is 46.3 Å². The Morgan fingerprint density at radius 3 is 2.33 bits per heavy atom. The van der Waals surface area contributed by atoms with Crippen molar-refractivity contribution in [3.05, 3.63) is 24.3 Å². The van der Waals surface area contributed by atoms with Crippen LogP contribution in [0.2, 0.25) is 0 Å². The van der Waals surface area contributed by atoms with Crippen LogP contribution >= 0.6 is 0 Å². The Kier molecular flexibility index (Phi) is 5.03. The highest BCUT2D eigenvalue weighted by atomic mass is 16.5. The quantitative estimate of drug-likeness (QED) is 0.873. The van der Waals surface area contributed by atoms with Gasteiger partial charge in [-0.1, -0.05) is 33.8 Å². The average Bonchev–Trinajstić information content (AvgIpc) is 2.34. The lowest BCUT2D eigenvalue weighted by molar-refractivity contribution is 0.0620. The number of nitrogens with two attached hydrogens (primary N) is 1. The Morgan fingerprint density at radius 1 is 1.22 bits per heavy atom. The molecular weight excluding hydrogens is 226 g/mol. The molecule has 0 aliphatic heterocycles. The number of ether oxygens (including phenoxy) is 2. The van der Waals surface area contributed by atoms with E-state index in [4.69, 9.17) is 15.2 Å². The second-order valence-electron chi connectivity index (χ2n) is 5.66. The Bertz CT molecular complexity index is 371. The van der Waals surface area contributed by atoms with E-state index >= 15 is 0 Å². The van der Waals surface area contributed by atoms with Gasteiger partial charge in [0.1, 0.15) is 17.6 Å². The van der Waals surface area contributed by atoms with Gasteiger partial charge in [-0.25, -0.2) is 0 Å². The minimum atomic E-state index is -0.0189. The van der Waals surface area contributed by atoms with Crippen LogP contribution in [0, 0.1) is 5.41 Å². The molecule has 0 bridgehead atoms. The van der Waals surface area contributed by atoms with Gasteiger partial charge in [-0.15, -0.1) is 0 Å². The van der Waals surface area contributed by atoms with Gasteiger partial charge in [-0.05, 0) is 18.6 Å². The molecule has 0 amide bonds. The lowest BCUT2D eigenvalue weighted by Crippen LogP contribution is -2.47. The molecule has 0 radical (unpaired) electrons. The van der Waals surface area contributed by atoms with Gasteiger partial charge in [-0.3, -0.25) is 0 Å². The van der Waals surface area contributed by atoms with Gasteiger partial charge in [-0.2, -0.15) is 0 Å². The third-order valence-corrected chi connectivity index (χ3v) is 3.02. The highest BCUT2D eigenvalue weighted by Gasteiger charge is 2.31. The zero-order valence-electron chi connectivity index (χ0n) is 12.1. The summed E-state index contributed by atoms with van der Waals surface area (Å²) < 4.78 is 11.3. The molecule has 0 aromatic heterocycles. The third kappa shape index (κ3) is 3.91. The van der Waals surface area contributed by atoms with Crippen LogP contribution in [-0.2, 0) is 0 Å². The summed E-state index contributed by atoms with van der Waals surface area (Å²) in [5, 5.41) is 0. The zero-order valence-corrected chi connectivity index (χ0v) is 12.1. The maximum absolute atomic E-state index is 6.17. The lowest BCUT2D eigenvalue weighted by atomic mass is 9.84. The number of methoxy groups -OCH3 is 1. The fourth-order valence-electron chi connectivity index (χ4n) is 1.94. The van der Waals surface area contributed by atoms with Crippen LogP contribution in [0.3, 0.4) is 0 Å². The van der Waals surface area contributed by atoms with Gasteiger partial charge in [0.15, 0.2) is 0 Å². The van der Waals surface area contributed by atoms with Crippen molar-refractivity contribution in [3.8, 4) is 11.5 Å². The molecule has 0 heterocycles. The van der Waals surface area contributed by atoms with Crippen molar-refractivity contribution >= 4 is 0 Å². The smallest absolute Gasteiger partial charge is 0.123 e. The lowest BCUT2D eigenvalue weighted by Gasteiger charge is -2.35. The maximum Gasteiger partial charge on any atom is 0.123 e. The highest BCUT2D eigenvalue weighted by molar-refractivity contribution is 5.33. The molecule has 0 saturated carbocycles. The van der Waals surface area contributed by atoms with Crippen LogP contribution in [0.15, 0.2) is 24.3 Å². The summed E-state index contributed by atoms with van der Waals surface area (Å²) in [6, 6.07) is 7.67. The highest BCUT2D eigenvalue weighted by Crippen LogP contribution is 2.29.